The van der Waals surface area contributed by atoms with Crippen molar-refractivity contribution in [3.63, 3.8) is 0 Å². The molecular weight excluding hydrogens is 295 g/mol. The molecule has 0 aliphatic carbocycles. The standard InChI is InChI=1S/C9H9IN2O2/c1-5-3-7(6(2)13-5)9-12-11-8(4-10)14-9/h3H,4H2,1-2H3. The van der Waals surface area contributed by atoms with Crippen molar-refractivity contribution >= 4 is 22.6 Å². The molecular formula is C9H9IN2O2. The van der Waals surface area contributed by atoms with Crippen molar-refractivity contribution < 1.29 is 8.83 Å². The maximum atomic E-state index is 5.42. The number of aromatic nitrogens is 2. The van der Waals surface area contributed by atoms with Crippen molar-refractivity contribution in [3.05, 3.63) is 23.5 Å². The van der Waals surface area contributed by atoms with Gasteiger partial charge in [-0.2, -0.15) is 0 Å². The molecule has 0 aromatic carbocycles. The first-order chi connectivity index (χ1) is 6.70. The number of hydrogen-bond acceptors (Lipinski definition) is 4. The summed E-state index contributed by atoms with van der Waals surface area (Å²) in [6.07, 6.45) is 0. The smallest absolute Gasteiger partial charge is 0.251 e. The zero-order valence-corrected chi connectivity index (χ0v) is 10.0. The van der Waals surface area contributed by atoms with Crippen molar-refractivity contribution in [2.24, 2.45) is 0 Å². The van der Waals surface area contributed by atoms with E-state index < -0.39 is 0 Å². The molecule has 0 fully saturated rings. The second-order valence-electron chi connectivity index (χ2n) is 2.96. The van der Waals surface area contributed by atoms with Crippen LogP contribution in [0, 0.1) is 13.8 Å². The van der Waals surface area contributed by atoms with Crippen molar-refractivity contribution in [1.82, 2.24) is 10.2 Å². The lowest BCUT2D eigenvalue weighted by Crippen LogP contribution is -1.76. The quantitative estimate of drug-likeness (QED) is 0.632. The molecule has 0 unspecified atom stereocenters. The van der Waals surface area contributed by atoms with E-state index in [1.165, 1.54) is 0 Å². The zero-order chi connectivity index (χ0) is 10.1. The van der Waals surface area contributed by atoms with Gasteiger partial charge in [-0.15, -0.1) is 10.2 Å². The van der Waals surface area contributed by atoms with E-state index in [1.807, 2.05) is 19.9 Å². The Bertz CT molecular complexity index is 447. The van der Waals surface area contributed by atoms with Crippen LogP contribution in [0.4, 0.5) is 0 Å². The van der Waals surface area contributed by atoms with Crippen LogP contribution in [0.15, 0.2) is 14.9 Å². The van der Waals surface area contributed by atoms with Gasteiger partial charge in [0.25, 0.3) is 5.89 Å². The largest absolute Gasteiger partial charge is 0.466 e. The third-order valence-electron chi connectivity index (χ3n) is 1.85. The Morgan fingerprint density at radius 3 is 2.57 bits per heavy atom. The number of halogens is 1. The molecule has 4 nitrogen and oxygen atoms in total. The Kier molecular flexibility index (Phi) is 2.58. The Hall–Kier alpha value is -0.850. The van der Waals surface area contributed by atoms with E-state index in [0.717, 1.165) is 21.5 Å². The molecule has 0 saturated carbocycles. The van der Waals surface area contributed by atoms with Crippen LogP contribution < -0.4 is 0 Å². The number of nitrogens with zero attached hydrogens (tertiary/aromatic N) is 2. The lowest BCUT2D eigenvalue weighted by atomic mass is 10.2. The SMILES string of the molecule is Cc1cc(-c2nnc(CI)o2)c(C)o1. The molecule has 0 bridgehead atoms. The maximum absolute atomic E-state index is 5.42. The van der Waals surface area contributed by atoms with Gasteiger partial charge < -0.3 is 8.83 Å². The molecule has 14 heavy (non-hydrogen) atoms. The van der Waals surface area contributed by atoms with Crippen LogP contribution in [0.2, 0.25) is 0 Å². The molecule has 2 aromatic heterocycles. The van der Waals surface area contributed by atoms with Crippen LogP contribution in [-0.2, 0) is 4.43 Å². The fourth-order valence-electron chi connectivity index (χ4n) is 1.26. The van der Waals surface area contributed by atoms with Gasteiger partial charge >= 0.3 is 0 Å². The first-order valence-corrected chi connectivity index (χ1v) is 5.69. The average molecular weight is 304 g/mol. The summed E-state index contributed by atoms with van der Waals surface area (Å²) in [7, 11) is 0. The highest BCUT2D eigenvalue weighted by Crippen LogP contribution is 2.25. The minimum absolute atomic E-state index is 0.533. The number of aryl methyl sites for hydroxylation is 2. The highest BCUT2D eigenvalue weighted by Gasteiger charge is 2.13. The van der Waals surface area contributed by atoms with E-state index in [4.69, 9.17) is 8.83 Å². The van der Waals surface area contributed by atoms with Gasteiger partial charge in [-0.25, -0.2) is 0 Å². The summed E-state index contributed by atoms with van der Waals surface area (Å²) in [6.45, 7) is 3.78. The molecule has 74 valence electrons. The molecule has 5 heteroatoms. The number of alkyl halides is 1. The molecule has 0 amide bonds. The second kappa shape index (κ2) is 3.72. The van der Waals surface area contributed by atoms with E-state index in [1.54, 1.807) is 0 Å². The minimum atomic E-state index is 0.533. The second-order valence-corrected chi connectivity index (χ2v) is 3.72. The highest BCUT2D eigenvalue weighted by molar-refractivity contribution is 14.1. The topological polar surface area (TPSA) is 52.1 Å². The van der Waals surface area contributed by atoms with Gasteiger partial charge in [-0.05, 0) is 19.9 Å². The third-order valence-corrected chi connectivity index (χ3v) is 2.51. The Balaban J connectivity index is 2.43. The van der Waals surface area contributed by atoms with Crippen LogP contribution in [-0.4, -0.2) is 10.2 Å². The third kappa shape index (κ3) is 1.68. The molecule has 0 N–H and O–H groups in total. The highest BCUT2D eigenvalue weighted by atomic mass is 127. The monoisotopic (exact) mass is 304 g/mol. The fraction of sp³-hybridized carbons (Fsp3) is 0.333. The van der Waals surface area contributed by atoms with E-state index >= 15 is 0 Å². The van der Waals surface area contributed by atoms with Gasteiger partial charge in [0.05, 0.1) is 9.99 Å². The molecule has 2 aromatic rings. The van der Waals surface area contributed by atoms with Crippen LogP contribution in [0.5, 0.6) is 0 Å². The molecule has 2 rings (SSSR count). The number of rotatable bonds is 2. The molecule has 0 aliphatic heterocycles. The summed E-state index contributed by atoms with van der Waals surface area (Å²) in [5.74, 6) is 2.84. The van der Waals surface area contributed by atoms with Crippen molar-refractivity contribution in [1.29, 1.82) is 0 Å². The van der Waals surface area contributed by atoms with Crippen LogP contribution in [0.25, 0.3) is 11.5 Å². The van der Waals surface area contributed by atoms with Crippen molar-refractivity contribution in [3.8, 4) is 11.5 Å². The first-order valence-electron chi connectivity index (χ1n) is 4.16. The van der Waals surface area contributed by atoms with Gasteiger partial charge in [0.15, 0.2) is 0 Å². The van der Waals surface area contributed by atoms with E-state index in [-0.39, 0.29) is 0 Å². The van der Waals surface area contributed by atoms with Crippen LogP contribution in [0.3, 0.4) is 0 Å². The summed E-state index contributed by atoms with van der Waals surface area (Å²) in [5.41, 5.74) is 0.881. The van der Waals surface area contributed by atoms with Gasteiger partial charge in [0, 0.05) is 0 Å². The normalized spacial score (nSPS) is 10.8. The Morgan fingerprint density at radius 1 is 1.29 bits per heavy atom. The van der Waals surface area contributed by atoms with Gasteiger partial charge in [-0.1, -0.05) is 22.6 Å². The molecule has 0 radical (unpaired) electrons. The summed E-state index contributed by atoms with van der Waals surface area (Å²) >= 11 is 2.18. The summed E-state index contributed by atoms with van der Waals surface area (Å²) in [5, 5.41) is 7.85. The first kappa shape index (κ1) is 9.70. The number of furan rings is 1. The molecule has 0 atom stereocenters. The Morgan fingerprint density at radius 2 is 2.07 bits per heavy atom. The summed E-state index contributed by atoms with van der Waals surface area (Å²) < 4.78 is 11.5. The summed E-state index contributed by atoms with van der Waals surface area (Å²) in [4.78, 5) is 0. The predicted octanol–water partition coefficient (Wildman–Crippen LogP) is 2.88. The molecule has 0 saturated heterocycles. The fourth-order valence-corrected chi connectivity index (χ4v) is 1.57. The Labute approximate surface area is 94.8 Å². The molecule has 0 spiro atoms. The lowest BCUT2D eigenvalue weighted by Gasteiger charge is -1.88. The maximum Gasteiger partial charge on any atom is 0.251 e. The van der Waals surface area contributed by atoms with Gasteiger partial charge in [0.1, 0.15) is 11.5 Å². The minimum Gasteiger partial charge on any atom is -0.466 e. The van der Waals surface area contributed by atoms with Gasteiger partial charge in [0.2, 0.25) is 5.89 Å². The van der Waals surface area contributed by atoms with Crippen molar-refractivity contribution in [2.75, 3.05) is 0 Å². The molecule has 2 heterocycles. The van der Waals surface area contributed by atoms with E-state index in [9.17, 15) is 0 Å². The van der Waals surface area contributed by atoms with Crippen molar-refractivity contribution in [2.45, 2.75) is 18.3 Å². The molecule has 0 aliphatic rings. The van der Waals surface area contributed by atoms with Crippen LogP contribution >= 0.6 is 22.6 Å². The average Bonchev–Trinajstić information content (AvgIpc) is 2.71. The van der Waals surface area contributed by atoms with E-state index in [0.29, 0.717) is 11.8 Å². The zero-order valence-electron chi connectivity index (χ0n) is 7.87. The van der Waals surface area contributed by atoms with Gasteiger partial charge in [-0.3, -0.25) is 0 Å². The number of hydrogen-bond donors (Lipinski definition) is 0. The summed E-state index contributed by atoms with van der Waals surface area (Å²) in [6, 6.07) is 1.90. The lowest BCUT2D eigenvalue weighted by molar-refractivity contribution is 0.500. The van der Waals surface area contributed by atoms with E-state index in [2.05, 4.69) is 32.8 Å². The predicted molar refractivity (Wildman–Crippen MR) is 59.2 cm³/mol. The van der Waals surface area contributed by atoms with Crippen LogP contribution in [0.1, 0.15) is 17.4 Å².